The summed E-state index contributed by atoms with van der Waals surface area (Å²) in [4.78, 5) is 19.6. The fourth-order valence-corrected chi connectivity index (χ4v) is 3.77. The van der Waals surface area contributed by atoms with Crippen LogP contribution < -0.4 is 10.9 Å². The SMILES string of the molecule is CC(C)Cn1nccc1-c1ccnc(N[C@@H](C)c2cc3cc(Cl)ccc3[nH]c2=O)c1F. The fraction of sp³-hybridized carbons (Fsp3) is 0.261. The van der Waals surface area contributed by atoms with Crippen LogP contribution in [0.3, 0.4) is 0 Å². The molecule has 3 heterocycles. The first-order valence-corrected chi connectivity index (χ1v) is 10.5. The second kappa shape index (κ2) is 8.51. The van der Waals surface area contributed by atoms with E-state index in [0.717, 1.165) is 5.39 Å². The number of aromatic amines is 1. The predicted octanol–water partition coefficient (Wildman–Crippen LogP) is 5.41. The highest BCUT2D eigenvalue weighted by Gasteiger charge is 2.18. The zero-order chi connectivity index (χ0) is 22.1. The third kappa shape index (κ3) is 4.32. The Morgan fingerprint density at radius 3 is 2.74 bits per heavy atom. The topological polar surface area (TPSA) is 75.6 Å². The molecule has 0 radical (unpaired) electrons. The molecule has 1 aromatic carbocycles. The summed E-state index contributed by atoms with van der Waals surface area (Å²) in [7, 11) is 0. The zero-order valence-corrected chi connectivity index (χ0v) is 18.2. The van der Waals surface area contributed by atoms with E-state index in [9.17, 15) is 4.79 Å². The minimum atomic E-state index is -0.486. The molecule has 4 aromatic rings. The minimum absolute atomic E-state index is 0.0767. The Hall–Kier alpha value is -3.19. The lowest BCUT2D eigenvalue weighted by atomic mass is 10.1. The molecule has 31 heavy (non-hydrogen) atoms. The molecule has 0 fully saturated rings. The van der Waals surface area contributed by atoms with Crippen LogP contribution in [0.5, 0.6) is 0 Å². The molecule has 3 aromatic heterocycles. The quantitative estimate of drug-likeness (QED) is 0.421. The Morgan fingerprint density at radius 1 is 1.16 bits per heavy atom. The maximum atomic E-state index is 15.4. The van der Waals surface area contributed by atoms with Gasteiger partial charge in [0.2, 0.25) is 0 Å². The summed E-state index contributed by atoms with van der Waals surface area (Å²) >= 11 is 6.08. The molecule has 0 aliphatic carbocycles. The van der Waals surface area contributed by atoms with E-state index in [0.29, 0.717) is 39.8 Å². The van der Waals surface area contributed by atoms with Gasteiger partial charge in [0, 0.05) is 46.0 Å². The highest BCUT2D eigenvalue weighted by Crippen LogP contribution is 2.28. The van der Waals surface area contributed by atoms with E-state index in [1.165, 1.54) is 0 Å². The Morgan fingerprint density at radius 2 is 1.97 bits per heavy atom. The van der Waals surface area contributed by atoms with Gasteiger partial charge in [0.1, 0.15) is 0 Å². The summed E-state index contributed by atoms with van der Waals surface area (Å²) < 4.78 is 17.2. The first kappa shape index (κ1) is 21.1. The number of hydrogen-bond donors (Lipinski definition) is 2. The second-order valence-electron chi connectivity index (χ2n) is 7.96. The van der Waals surface area contributed by atoms with Crippen molar-refractivity contribution in [3.63, 3.8) is 0 Å². The number of nitrogens with zero attached hydrogens (tertiary/aromatic N) is 3. The Balaban J connectivity index is 1.67. The monoisotopic (exact) mass is 439 g/mol. The number of benzene rings is 1. The molecule has 0 unspecified atom stereocenters. The zero-order valence-electron chi connectivity index (χ0n) is 17.5. The standard InChI is InChI=1S/C23H23ClFN5O/c1-13(2)12-30-20(7-9-27-30)17-6-8-26-22(21(17)25)28-14(3)18-11-15-10-16(24)4-5-19(15)29-23(18)31/h4-11,13-14H,12H2,1-3H3,(H,26,28)(H,29,31)/t14-/m0/s1. The van der Waals surface area contributed by atoms with E-state index in [-0.39, 0.29) is 11.4 Å². The maximum absolute atomic E-state index is 15.4. The molecule has 0 aliphatic heterocycles. The average molecular weight is 440 g/mol. The summed E-state index contributed by atoms with van der Waals surface area (Å²) in [5, 5.41) is 8.73. The molecule has 2 N–H and O–H groups in total. The number of halogens is 2. The predicted molar refractivity (Wildman–Crippen MR) is 122 cm³/mol. The first-order valence-electron chi connectivity index (χ1n) is 10.1. The van der Waals surface area contributed by atoms with Gasteiger partial charge in [0.15, 0.2) is 11.6 Å². The third-order valence-electron chi connectivity index (χ3n) is 5.07. The Labute approximate surface area is 184 Å². The summed E-state index contributed by atoms with van der Waals surface area (Å²) in [6.07, 6.45) is 3.21. The van der Waals surface area contributed by atoms with Crippen molar-refractivity contribution in [2.24, 2.45) is 5.92 Å². The van der Waals surface area contributed by atoms with E-state index in [4.69, 9.17) is 11.6 Å². The van der Waals surface area contributed by atoms with E-state index in [2.05, 4.69) is 34.2 Å². The Kier molecular flexibility index (Phi) is 5.78. The molecule has 0 spiro atoms. The van der Waals surface area contributed by atoms with Crippen molar-refractivity contribution >= 4 is 28.3 Å². The molecule has 0 saturated carbocycles. The third-order valence-corrected chi connectivity index (χ3v) is 5.31. The highest BCUT2D eigenvalue weighted by atomic mass is 35.5. The lowest BCUT2D eigenvalue weighted by Crippen LogP contribution is -2.20. The van der Waals surface area contributed by atoms with Crippen LogP contribution in [0.15, 0.2) is 53.6 Å². The first-order chi connectivity index (χ1) is 14.8. The lowest BCUT2D eigenvalue weighted by molar-refractivity contribution is 0.486. The number of H-pyrrole nitrogens is 1. The van der Waals surface area contributed by atoms with Crippen LogP contribution in [-0.4, -0.2) is 19.7 Å². The maximum Gasteiger partial charge on any atom is 0.253 e. The van der Waals surface area contributed by atoms with Gasteiger partial charge in [-0.2, -0.15) is 5.10 Å². The van der Waals surface area contributed by atoms with Crippen LogP contribution in [0.4, 0.5) is 10.2 Å². The van der Waals surface area contributed by atoms with Crippen LogP contribution >= 0.6 is 11.6 Å². The van der Waals surface area contributed by atoms with Gasteiger partial charge in [-0.1, -0.05) is 25.4 Å². The molecule has 1 atom stereocenters. The van der Waals surface area contributed by atoms with Crippen LogP contribution in [-0.2, 0) is 6.54 Å². The molecule has 0 aliphatic rings. The molecular formula is C23H23ClFN5O. The summed E-state index contributed by atoms with van der Waals surface area (Å²) in [6.45, 7) is 6.63. The van der Waals surface area contributed by atoms with Crippen LogP contribution in [0, 0.1) is 11.7 Å². The number of hydrogen-bond acceptors (Lipinski definition) is 4. The summed E-state index contributed by atoms with van der Waals surface area (Å²) in [5.74, 6) is -0.0395. The van der Waals surface area contributed by atoms with Crippen molar-refractivity contribution in [3.8, 4) is 11.3 Å². The number of aromatic nitrogens is 4. The molecule has 4 rings (SSSR count). The van der Waals surface area contributed by atoms with Gasteiger partial charge in [0.05, 0.1) is 11.7 Å². The smallest absolute Gasteiger partial charge is 0.253 e. The van der Waals surface area contributed by atoms with Crippen molar-refractivity contribution < 1.29 is 4.39 Å². The largest absolute Gasteiger partial charge is 0.361 e. The van der Waals surface area contributed by atoms with Gasteiger partial charge >= 0.3 is 0 Å². The molecule has 6 nitrogen and oxygen atoms in total. The molecular weight excluding hydrogens is 417 g/mol. The van der Waals surface area contributed by atoms with Crippen molar-refractivity contribution in [2.45, 2.75) is 33.4 Å². The lowest BCUT2D eigenvalue weighted by Gasteiger charge is -2.17. The molecule has 0 bridgehead atoms. The van der Waals surface area contributed by atoms with E-state index in [1.807, 2.05) is 0 Å². The van der Waals surface area contributed by atoms with E-state index in [1.54, 1.807) is 60.4 Å². The number of rotatable bonds is 6. The number of fused-ring (bicyclic) bond motifs is 1. The van der Waals surface area contributed by atoms with Crippen LogP contribution in [0.1, 0.15) is 32.4 Å². The van der Waals surface area contributed by atoms with Crippen molar-refractivity contribution in [1.82, 2.24) is 19.7 Å². The average Bonchev–Trinajstić information content (AvgIpc) is 3.16. The second-order valence-corrected chi connectivity index (χ2v) is 8.40. The minimum Gasteiger partial charge on any atom is -0.361 e. The highest BCUT2D eigenvalue weighted by molar-refractivity contribution is 6.31. The fourth-order valence-electron chi connectivity index (χ4n) is 3.59. The molecule has 0 saturated heterocycles. The van der Waals surface area contributed by atoms with Crippen molar-refractivity contribution in [3.05, 3.63) is 75.5 Å². The van der Waals surface area contributed by atoms with E-state index >= 15 is 4.39 Å². The van der Waals surface area contributed by atoms with Gasteiger partial charge in [-0.25, -0.2) is 9.37 Å². The van der Waals surface area contributed by atoms with Crippen LogP contribution in [0.25, 0.3) is 22.2 Å². The summed E-state index contributed by atoms with van der Waals surface area (Å²) in [6, 6.07) is 9.94. The molecule has 0 amide bonds. The van der Waals surface area contributed by atoms with Crippen molar-refractivity contribution in [2.75, 3.05) is 5.32 Å². The number of anilines is 1. The number of nitrogens with one attached hydrogen (secondary N) is 2. The van der Waals surface area contributed by atoms with Gasteiger partial charge < -0.3 is 10.3 Å². The molecule has 160 valence electrons. The van der Waals surface area contributed by atoms with Gasteiger partial charge in [-0.3, -0.25) is 9.48 Å². The van der Waals surface area contributed by atoms with Gasteiger partial charge in [0.25, 0.3) is 5.56 Å². The normalized spacial score (nSPS) is 12.5. The van der Waals surface area contributed by atoms with E-state index < -0.39 is 11.9 Å². The molecule has 8 heteroatoms. The van der Waals surface area contributed by atoms with Crippen LogP contribution in [0.2, 0.25) is 5.02 Å². The number of pyridine rings is 2. The Bertz CT molecular complexity index is 1300. The van der Waals surface area contributed by atoms with Gasteiger partial charge in [-0.05, 0) is 49.2 Å². The van der Waals surface area contributed by atoms with Gasteiger partial charge in [-0.15, -0.1) is 0 Å². The van der Waals surface area contributed by atoms with Crippen molar-refractivity contribution in [1.29, 1.82) is 0 Å². The summed E-state index contributed by atoms with van der Waals surface area (Å²) in [5.41, 5.74) is 1.99.